The molecule has 0 aromatic carbocycles. The van der Waals surface area contributed by atoms with Crippen LogP contribution in [0.15, 0.2) is 0 Å². The molecule has 0 aromatic rings. The van der Waals surface area contributed by atoms with E-state index in [0.717, 1.165) is 32.1 Å². The standard InChI is InChI=1S/C22H33N3O5/c1-14(26)29-19-10-15-8-18(9-16(15)11-19)25(21(28)30-22(2,3)4)13-20(27)24-7-5-6-17(24)12-23/h15-19H,5-11,13H2,1-4H3/t15-,16+,17-,18?,19?/m0/s1. The Labute approximate surface area is 178 Å². The summed E-state index contributed by atoms with van der Waals surface area (Å²) in [5, 5.41) is 9.30. The van der Waals surface area contributed by atoms with E-state index < -0.39 is 17.7 Å². The van der Waals surface area contributed by atoms with Crippen molar-refractivity contribution in [3.05, 3.63) is 0 Å². The van der Waals surface area contributed by atoms with Crippen LogP contribution in [0.3, 0.4) is 0 Å². The fraction of sp³-hybridized carbons (Fsp3) is 0.818. The fourth-order valence-electron chi connectivity index (χ4n) is 5.21. The van der Waals surface area contributed by atoms with Crippen molar-refractivity contribution in [2.24, 2.45) is 11.8 Å². The van der Waals surface area contributed by atoms with E-state index in [0.29, 0.717) is 24.8 Å². The van der Waals surface area contributed by atoms with Gasteiger partial charge in [-0.3, -0.25) is 14.5 Å². The van der Waals surface area contributed by atoms with Crippen molar-refractivity contribution in [2.45, 2.75) is 90.0 Å². The Bertz CT molecular complexity index is 711. The Morgan fingerprint density at radius 2 is 1.77 bits per heavy atom. The smallest absolute Gasteiger partial charge is 0.411 e. The molecule has 3 rings (SSSR count). The molecule has 0 aromatic heterocycles. The van der Waals surface area contributed by atoms with Crippen LogP contribution in [-0.2, 0) is 19.1 Å². The van der Waals surface area contributed by atoms with E-state index in [2.05, 4.69) is 6.07 Å². The van der Waals surface area contributed by atoms with E-state index in [4.69, 9.17) is 9.47 Å². The van der Waals surface area contributed by atoms with E-state index in [1.54, 1.807) is 9.80 Å². The van der Waals surface area contributed by atoms with E-state index in [1.807, 2.05) is 20.8 Å². The summed E-state index contributed by atoms with van der Waals surface area (Å²) in [6.07, 6.45) is 4.12. The molecular formula is C22H33N3O5. The minimum Gasteiger partial charge on any atom is -0.463 e. The van der Waals surface area contributed by atoms with Gasteiger partial charge in [0.25, 0.3) is 0 Å². The van der Waals surface area contributed by atoms with Crippen LogP contribution in [0, 0.1) is 23.2 Å². The van der Waals surface area contributed by atoms with Gasteiger partial charge in [0.2, 0.25) is 5.91 Å². The lowest BCUT2D eigenvalue weighted by Crippen LogP contribution is -2.49. The zero-order chi connectivity index (χ0) is 22.1. The highest BCUT2D eigenvalue weighted by Crippen LogP contribution is 2.47. The third-order valence-corrected chi connectivity index (χ3v) is 6.38. The van der Waals surface area contributed by atoms with Crippen molar-refractivity contribution in [1.29, 1.82) is 5.26 Å². The molecule has 3 fully saturated rings. The highest BCUT2D eigenvalue weighted by atomic mass is 16.6. The third-order valence-electron chi connectivity index (χ3n) is 6.38. The number of hydrogen-bond donors (Lipinski definition) is 0. The average molecular weight is 420 g/mol. The second kappa shape index (κ2) is 8.83. The maximum atomic E-state index is 13.0. The SMILES string of the molecule is CC(=O)OC1C[C@@H]2CC(N(CC(=O)N3CCC[C@H]3C#N)C(=O)OC(C)(C)C)C[C@@H]2C1. The molecule has 2 aliphatic carbocycles. The first-order chi connectivity index (χ1) is 14.1. The Hall–Kier alpha value is -2.30. The molecule has 8 nitrogen and oxygen atoms in total. The van der Waals surface area contributed by atoms with Crippen LogP contribution in [0.5, 0.6) is 0 Å². The molecule has 1 heterocycles. The molecular weight excluding hydrogens is 386 g/mol. The van der Waals surface area contributed by atoms with Gasteiger partial charge >= 0.3 is 12.1 Å². The van der Waals surface area contributed by atoms with E-state index in [1.165, 1.54) is 6.92 Å². The maximum Gasteiger partial charge on any atom is 0.411 e. The Morgan fingerprint density at radius 3 is 2.30 bits per heavy atom. The van der Waals surface area contributed by atoms with E-state index in [9.17, 15) is 19.6 Å². The molecule has 2 unspecified atom stereocenters. The summed E-state index contributed by atoms with van der Waals surface area (Å²) in [6.45, 7) is 7.35. The summed E-state index contributed by atoms with van der Waals surface area (Å²) in [4.78, 5) is 40.3. The van der Waals surface area contributed by atoms with Crippen molar-refractivity contribution >= 4 is 18.0 Å². The molecule has 30 heavy (non-hydrogen) atoms. The number of likely N-dealkylation sites (tertiary alicyclic amines) is 1. The van der Waals surface area contributed by atoms with Crippen LogP contribution in [0.4, 0.5) is 4.79 Å². The van der Waals surface area contributed by atoms with Crippen molar-refractivity contribution in [1.82, 2.24) is 9.80 Å². The van der Waals surface area contributed by atoms with Crippen LogP contribution < -0.4 is 0 Å². The first-order valence-electron chi connectivity index (χ1n) is 10.9. The Morgan fingerprint density at radius 1 is 1.13 bits per heavy atom. The first kappa shape index (κ1) is 22.4. The molecule has 1 aliphatic heterocycles. The maximum absolute atomic E-state index is 13.0. The van der Waals surface area contributed by atoms with Gasteiger partial charge in [0.1, 0.15) is 24.3 Å². The molecule has 166 valence electrons. The van der Waals surface area contributed by atoms with Gasteiger partial charge in [-0.25, -0.2) is 4.79 Å². The average Bonchev–Trinajstić information content (AvgIpc) is 3.31. The van der Waals surface area contributed by atoms with Crippen LogP contribution >= 0.6 is 0 Å². The summed E-state index contributed by atoms with van der Waals surface area (Å²) >= 11 is 0. The second-order valence-electron chi connectivity index (χ2n) is 9.83. The van der Waals surface area contributed by atoms with E-state index >= 15 is 0 Å². The number of amides is 2. The number of ether oxygens (including phenoxy) is 2. The molecule has 0 radical (unpaired) electrons. The van der Waals surface area contributed by atoms with Crippen LogP contribution in [-0.4, -0.2) is 64.6 Å². The van der Waals surface area contributed by atoms with Gasteiger partial charge in [-0.2, -0.15) is 5.26 Å². The molecule has 0 bridgehead atoms. The third kappa shape index (κ3) is 5.24. The minimum absolute atomic E-state index is 0.0453. The zero-order valence-electron chi connectivity index (χ0n) is 18.4. The van der Waals surface area contributed by atoms with Gasteiger partial charge < -0.3 is 14.4 Å². The van der Waals surface area contributed by atoms with Gasteiger partial charge in [0.05, 0.1) is 6.07 Å². The van der Waals surface area contributed by atoms with Gasteiger partial charge in [-0.15, -0.1) is 0 Å². The minimum atomic E-state index is -0.657. The van der Waals surface area contributed by atoms with Crippen molar-refractivity contribution in [3.8, 4) is 6.07 Å². The van der Waals surface area contributed by atoms with E-state index in [-0.39, 0.29) is 30.6 Å². The monoisotopic (exact) mass is 419 g/mol. The summed E-state index contributed by atoms with van der Waals surface area (Å²) in [5.41, 5.74) is -0.657. The van der Waals surface area contributed by atoms with Gasteiger partial charge in [-0.05, 0) is 71.1 Å². The Balaban J connectivity index is 1.68. The Kier molecular flexibility index (Phi) is 6.59. The number of fused-ring (bicyclic) bond motifs is 1. The van der Waals surface area contributed by atoms with Gasteiger partial charge in [0, 0.05) is 19.5 Å². The lowest BCUT2D eigenvalue weighted by molar-refractivity contribution is -0.146. The predicted octanol–water partition coefficient (Wildman–Crippen LogP) is 2.86. The summed E-state index contributed by atoms with van der Waals surface area (Å²) in [7, 11) is 0. The van der Waals surface area contributed by atoms with Crippen molar-refractivity contribution in [2.75, 3.05) is 13.1 Å². The lowest BCUT2D eigenvalue weighted by Gasteiger charge is -2.33. The number of hydrogen-bond acceptors (Lipinski definition) is 6. The largest absolute Gasteiger partial charge is 0.463 e. The number of esters is 1. The molecule has 2 amide bonds. The first-order valence-corrected chi connectivity index (χ1v) is 10.9. The lowest BCUT2D eigenvalue weighted by atomic mass is 10.0. The number of carbonyl (C=O) groups is 3. The topological polar surface area (TPSA) is 99.9 Å². The van der Waals surface area contributed by atoms with Gasteiger partial charge in [0.15, 0.2) is 0 Å². The highest BCUT2D eigenvalue weighted by molar-refractivity contribution is 5.83. The van der Waals surface area contributed by atoms with Crippen molar-refractivity contribution in [3.63, 3.8) is 0 Å². The molecule has 0 spiro atoms. The number of rotatable bonds is 4. The molecule has 1 saturated heterocycles. The summed E-state index contributed by atoms with van der Waals surface area (Å²) in [6, 6.07) is 1.69. The zero-order valence-corrected chi connectivity index (χ0v) is 18.4. The van der Waals surface area contributed by atoms with Crippen LogP contribution in [0.1, 0.15) is 66.2 Å². The fourth-order valence-corrected chi connectivity index (χ4v) is 5.21. The number of nitriles is 1. The van der Waals surface area contributed by atoms with Gasteiger partial charge in [-0.1, -0.05) is 0 Å². The van der Waals surface area contributed by atoms with Crippen molar-refractivity contribution < 1.29 is 23.9 Å². The molecule has 3 aliphatic rings. The second-order valence-corrected chi connectivity index (χ2v) is 9.83. The summed E-state index contributed by atoms with van der Waals surface area (Å²) in [5.74, 6) is 0.297. The van der Waals surface area contributed by atoms with Crippen LogP contribution in [0.25, 0.3) is 0 Å². The normalized spacial score (nSPS) is 30.5. The quantitative estimate of drug-likeness (QED) is 0.650. The number of carbonyl (C=O) groups excluding carboxylic acids is 3. The molecule has 0 N–H and O–H groups in total. The highest BCUT2D eigenvalue weighted by Gasteiger charge is 2.46. The van der Waals surface area contributed by atoms with Crippen LogP contribution in [0.2, 0.25) is 0 Å². The predicted molar refractivity (Wildman–Crippen MR) is 108 cm³/mol. The number of nitrogens with zero attached hydrogens (tertiary/aromatic N) is 3. The molecule has 5 atom stereocenters. The molecule has 8 heteroatoms. The summed E-state index contributed by atoms with van der Waals surface area (Å²) < 4.78 is 11.0. The molecule has 2 saturated carbocycles.